The van der Waals surface area contributed by atoms with E-state index >= 15 is 0 Å². The maximum absolute atomic E-state index is 4.95. The van der Waals surface area contributed by atoms with Gasteiger partial charge < -0.3 is 34.3 Å². The average molecular weight is 188 g/mol. The van der Waals surface area contributed by atoms with E-state index in [9.17, 15) is 0 Å². The van der Waals surface area contributed by atoms with Crippen molar-refractivity contribution in [1.29, 1.82) is 0 Å². The Morgan fingerprint density at radius 1 is 1.50 bits per heavy atom. The first kappa shape index (κ1) is 13.6. The third-order valence-corrected chi connectivity index (χ3v) is 0.887. The van der Waals surface area contributed by atoms with Crippen LogP contribution >= 0.6 is 12.2 Å². The van der Waals surface area contributed by atoms with Crippen LogP contribution in [0.15, 0.2) is 0 Å². The molecule has 10 heavy (non-hydrogen) atoms. The first-order valence-corrected chi connectivity index (χ1v) is 3.50. The van der Waals surface area contributed by atoms with Crippen LogP contribution in [0.25, 0.3) is 0 Å². The summed E-state index contributed by atoms with van der Waals surface area (Å²) in [6.45, 7) is 3.66. The molecule has 0 radical (unpaired) electrons. The average Bonchev–Trinajstić information content (AvgIpc) is 1.80. The normalized spacial score (nSPS) is 8.10. The van der Waals surface area contributed by atoms with Gasteiger partial charge in [-0.2, -0.15) is 0 Å². The van der Waals surface area contributed by atoms with E-state index in [0.717, 1.165) is 0 Å². The van der Waals surface area contributed by atoms with E-state index in [1.807, 2.05) is 6.92 Å². The molecule has 0 aromatic carbocycles. The van der Waals surface area contributed by atoms with Crippen molar-refractivity contribution in [1.82, 2.24) is 0 Å². The molecule has 0 amide bonds. The number of ether oxygens (including phenoxy) is 2. The minimum absolute atomic E-state index is 0. The second-order valence-electron chi connectivity index (χ2n) is 1.30. The standard InChI is InChI=1S/C5H10O2S2.Na/c1-2-6-3-4-7-5(8)9;/h2-4H2,1H3,(H,8,9);/q;+1/p-1. The van der Waals surface area contributed by atoms with Crippen molar-refractivity contribution in [2.24, 2.45) is 0 Å². The predicted octanol–water partition coefficient (Wildman–Crippen LogP) is -2.12. The molecule has 0 rings (SSSR count). The Morgan fingerprint density at radius 3 is 2.50 bits per heavy atom. The summed E-state index contributed by atoms with van der Waals surface area (Å²) in [5.74, 6) is 0. The van der Waals surface area contributed by atoms with Crippen LogP contribution in [0.3, 0.4) is 0 Å². The Labute approximate surface area is 94.4 Å². The van der Waals surface area contributed by atoms with Crippen molar-refractivity contribution in [3.05, 3.63) is 0 Å². The topological polar surface area (TPSA) is 18.5 Å². The van der Waals surface area contributed by atoms with Crippen LogP contribution in [0.2, 0.25) is 0 Å². The zero-order chi connectivity index (χ0) is 7.11. The maximum atomic E-state index is 4.95. The molecule has 0 aromatic heterocycles. The van der Waals surface area contributed by atoms with Gasteiger partial charge in [-0.05, 0) is 6.92 Å². The van der Waals surface area contributed by atoms with Crippen LogP contribution in [0.5, 0.6) is 0 Å². The van der Waals surface area contributed by atoms with E-state index in [-0.39, 0.29) is 33.9 Å². The number of thiocarbonyl (C=S) groups is 1. The Morgan fingerprint density at radius 2 is 2.10 bits per heavy atom. The fraction of sp³-hybridized carbons (Fsp3) is 0.800. The van der Waals surface area contributed by atoms with Crippen LogP contribution < -0.4 is 29.6 Å². The molecule has 5 heteroatoms. The summed E-state index contributed by atoms with van der Waals surface area (Å²) >= 11 is 8.96. The van der Waals surface area contributed by atoms with Gasteiger partial charge in [-0.15, -0.1) is 0 Å². The van der Waals surface area contributed by atoms with Gasteiger partial charge in [0.1, 0.15) is 6.61 Å². The SMILES string of the molecule is CCOCCOC(=S)[S-].[Na+]. The molecule has 0 spiro atoms. The fourth-order valence-corrected chi connectivity index (χ4v) is 0.495. The third-order valence-electron chi connectivity index (χ3n) is 0.652. The van der Waals surface area contributed by atoms with Crippen molar-refractivity contribution in [3.63, 3.8) is 0 Å². The molecule has 0 saturated carbocycles. The number of rotatable bonds is 4. The Hall–Kier alpha value is 1.07. The van der Waals surface area contributed by atoms with E-state index in [4.69, 9.17) is 9.47 Å². The smallest absolute Gasteiger partial charge is 0.511 e. The Balaban J connectivity index is 0. The van der Waals surface area contributed by atoms with Crippen LogP contribution in [0, 0.1) is 0 Å². The van der Waals surface area contributed by atoms with Crippen LogP contribution in [0.4, 0.5) is 0 Å². The van der Waals surface area contributed by atoms with Gasteiger partial charge >= 0.3 is 29.6 Å². The van der Waals surface area contributed by atoms with Gasteiger partial charge in [0.15, 0.2) is 0 Å². The fourth-order valence-electron chi connectivity index (χ4n) is 0.328. The van der Waals surface area contributed by atoms with Crippen LogP contribution in [-0.2, 0) is 22.1 Å². The molecule has 0 aliphatic heterocycles. The molecule has 0 aliphatic rings. The van der Waals surface area contributed by atoms with Gasteiger partial charge in [0.25, 0.3) is 0 Å². The van der Waals surface area contributed by atoms with Crippen molar-refractivity contribution < 1.29 is 39.0 Å². The molecule has 0 atom stereocenters. The summed E-state index contributed by atoms with van der Waals surface area (Å²) in [6.07, 6.45) is 0. The van der Waals surface area contributed by atoms with E-state index in [2.05, 4.69) is 24.8 Å². The van der Waals surface area contributed by atoms with Gasteiger partial charge in [-0.25, -0.2) is 0 Å². The van der Waals surface area contributed by atoms with Gasteiger partial charge in [0.05, 0.1) is 6.61 Å². The maximum Gasteiger partial charge on any atom is 1.00 e. The number of hydrogen-bond donors (Lipinski definition) is 0. The summed E-state index contributed by atoms with van der Waals surface area (Å²) in [4.78, 5) is 0. The van der Waals surface area contributed by atoms with Gasteiger partial charge in [0, 0.05) is 11.0 Å². The second kappa shape index (κ2) is 10.1. The molecular weight excluding hydrogens is 179 g/mol. The molecule has 2 nitrogen and oxygen atoms in total. The molecule has 0 heterocycles. The van der Waals surface area contributed by atoms with Crippen molar-refractivity contribution in [2.45, 2.75) is 6.92 Å². The van der Waals surface area contributed by atoms with Gasteiger partial charge in [0.2, 0.25) is 0 Å². The second-order valence-corrected chi connectivity index (χ2v) is 2.30. The minimum atomic E-state index is 0. The van der Waals surface area contributed by atoms with Crippen LogP contribution in [0.1, 0.15) is 6.92 Å². The molecule has 0 aromatic rings. The zero-order valence-corrected chi connectivity index (χ0v) is 9.89. The molecule has 0 aliphatic carbocycles. The first-order valence-electron chi connectivity index (χ1n) is 2.69. The molecule has 0 saturated heterocycles. The van der Waals surface area contributed by atoms with E-state index in [1.165, 1.54) is 0 Å². The molecule has 0 bridgehead atoms. The molecule has 0 unspecified atom stereocenters. The monoisotopic (exact) mass is 188 g/mol. The minimum Gasteiger partial charge on any atom is -0.511 e. The first-order chi connectivity index (χ1) is 4.27. The third kappa shape index (κ3) is 11.8. The van der Waals surface area contributed by atoms with E-state index < -0.39 is 0 Å². The number of hydrogen-bond acceptors (Lipinski definition) is 4. The largest absolute Gasteiger partial charge is 1.00 e. The van der Waals surface area contributed by atoms with E-state index in [0.29, 0.717) is 19.8 Å². The molecule has 54 valence electrons. The van der Waals surface area contributed by atoms with E-state index in [1.54, 1.807) is 0 Å². The summed E-state index contributed by atoms with van der Waals surface area (Å²) in [7, 11) is 0. The zero-order valence-electron chi connectivity index (χ0n) is 6.25. The van der Waals surface area contributed by atoms with Gasteiger partial charge in [-0.3, -0.25) is 0 Å². The summed E-state index contributed by atoms with van der Waals surface area (Å²) in [5, 5.41) is 0. The predicted molar refractivity (Wildman–Crippen MR) is 42.4 cm³/mol. The Kier molecular flexibility index (Phi) is 13.7. The van der Waals surface area contributed by atoms with Crippen LogP contribution in [-0.4, -0.2) is 24.2 Å². The molecule has 0 N–H and O–H groups in total. The molecular formula is C5H9NaO2S2. The van der Waals surface area contributed by atoms with Gasteiger partial charge in [-0.1, -0.05) is 0 Å². The quantitative estimate of drug-likeness (QED) is 0.217. The van der Waals surface area contributed by atoms with Crippen molar-refractivity contribution >= 4 is 29.2 Å². The van der Waals surface area contributed by atoms with Crippen molar-refractivity contribution in [3.8, 4) is 0 Å². The Bertz CT molecular complexity index is 89.7. The van der Waals surface area contributed by atoms with Crippen molar-refractivity contribution in [2.75, 3.05) is 19.8 Å². The summed E-state index contributed by atoms with van der Waals surface area (Å²) in [5.41, 5.74) is 0. The summed E-state index contributed by atoms with van der Waals surface area (Å²) < 4.78 is 9.88. The molecule has 0 fully saturated rings. The summed E-state index contributed by atoms with van der Waals surface area (Å²) in [6, 6.07) is 0.